The van der Waals surface area contributed by atoms with Crippen molar-refractivity contribution in [2.45, 2.75) is 63.5 Å². The van der Waals surface area contributed by atoms with Crippen LogP contribution in [0.2, 0.25) is 0 Å². The van der Waals surface area contributed by atoms with E-state index >= 15 is 0 Å². The second-order valence-electron chi connectivity index (χ2n) is 17.4. The van der Waals surface area contributed by atoms with E-state index in [2.05, 4.69) is 72.4 Å². The minimum absolute atomic E-state index is 0.141. The lowest BCUT2D eigenvalue weighted by molar-refractivity contribution is 0.290. The van der Waals surface area contributed by atoms with Crippen LogP contribution in [0.4, 0.5) is 0 Å². The molecule has 2 fully saturated rings. The van der Waals surface area contributed by atoms with Gasteiger partial charge in [0.05, 0.1) is 13.2 Å². The van der Waals surface area contributed by atoms with Gasteiger partial charge in [0.25, 0.3) is 0 Å². The topological polar surface area (TPSA) is 105 Å². The molecule has 8 nitrogen and oxygen atoms in total. The number of hydrogen-bond acceptors (Lipinski definition) is 8. The molecule has 8 heteroatoms. The molecule has 0 spiro atoms. The zero-order valence-corrected chi connectivity index (χ0v) is 38.6. The molecule has 2 heterocycles. The van der Waals surface area contributed by atoms with Crippen LogP contribution in [0, 0.1) is 0 Å². The maximum atomic E-state index is 9.83. The molecule has 0 amide bonds. The zero-order valence-electron chi connectivity index (χ0n) is 38.6. The van der Waals surface area contributed by atoms with Crippen molar-refractivity contribution in [3.63, 3.8) is 0 Å². The molecule has 2 aliphatic rings. The Balaban J connectivity index is 0.000000196. The number of phenols is 2. The number of likely N-dealkylation sites (N-methyl/N-ethyl adjacent to an activating group) is 2. The van der Waals surface area contributed by atoms with Gasteiger partial charge >= 0.3 is 0 Å². The highest BCUT2D eigenvalue weighted by molar-refractivity contribution is 5.99. The van der Waals surface area contributed by atoms with Crippen molar-refractivity contribution < 1.29 is 29.9 Å². The molecule has 8 rings (SSSR count). The van der Waals surface area contributed by atoms with Gasteiger partial charge < -0.3 is 39.7 Å². The molecule has 2 aliphatic heterocycles. The molecule has 344 valence electrons. The standard InChI is InChI=1S/2C29H33NO3/c2*1-30-21-25(30)9-6-20-33-27-17-13-24(14-18-27)29(23-11-15-26(32)16-12-23)28(10-5-19-31)22-7-3-2-4-8-22/h2*2-4,7-8,11-18,25,31-32H,5-6,9-10,19-21H2,1H3/b2*29-28-/t2*25-,30?/m10/s1. The van der Waals surface area contributed by atoms with Gasteiger partial charge in [0.2, 0.25) is 0 Å². The highest BCUT2D eigenvalue weighted by atomic mass is 16.5. The van der Waals surface area contributed by atoms with Crippen molar-refractivity contribution >= 4 is 22.3 Å². The number of aliphatic hydroxyl groups excluding tert-OH is 2. The third-order valence-corrected chi connectivity index (χ3v) is 12.5. The fourth-order valence-corrected chi connectivity index (χ4v) is 8.55. The van der Waals surface area contributed by atoms with Gasteiger partial charge in [0.1, 0.15) is 23.0 Å². The van der Waals surface area contributed by atoms with E-state index < -0.39 is 0 Å². The second kappa shape index (κ2) is 24.4. The summed E-state index contributed by atoms with van der Waals surface area (Å²) in [6.45, 7) is 4.17. The number of benzene rings is 6. The molecule has 0 aromatic heterocycles. The summed E-state index contributed by atoms with van der Waals surface area (Å²) in [6, 6.07) is 53.4. The lowest BCUT2D eigenvalue weighted by atomic mass is 9.87. The Morgan fingerprint density at radius 2 is 0.758 bits per heavy atom. The molecule has 4 atom stereocenters. The van der Waals surface area contributed by atoms with E-state index in [1.54, 1.807) is 24.3 Å². The predicted octanol–water partition coefficient (Wildman–Crippen LogP) is 11.2. The zero-order chi connectivity index (χ0) is 46.1. The first-order valence-electron chi connectivity index (χ1n) is 23.6. The molecular weight excluding hydrogens is 821 g/mol. The number of aromatic hydroxyl groups is 2. The summed E-state index contributed by atoms with van der Waals surface area (Å²) >= 11 is 0. The lowest BCUT2D eigenvalue weighted by Crippen LogP contribution is -2.02. The van der Waals surface area contributed by atoms with E-state index in [0.29, 0.717) is 12.8 Å². The number of allylic oxidation sites excluding steroid dienone is 2. The first kappa shape index (κ1) is 47.8. The summed E-state index contributed by atoms with van der Waals surface area (Å²) in [4.78, 5) is 4.71. The minimum atomic E-state index is 0.141. The van der Waals surface area contributed by atoms with Crippen molar-refractivity contribution in [1.29, 1.82) is 0 Å². The van der Waals surface area contributed by atoms with Gasteiger partial charge in [-0.2, -0.15) is 0 Å². The molecule has 0 bridgehead atoms. The van der Waals surface area contributed by atoms with Crippen LogP contribution >= 0.6 is 0 Å². The molecule has 2 saturated heterocycles. The van der Waals surface area contributed by atoms with E-state index in [4.69, 9.17) is 9.47 Å². The molecule has 6 aromatic carbocycles. The Kier molecular flexibility index (Phi) is 17.7. The van der Waals surface area contributed by atoms with Crippen molar-refractivity contribution in [3.05, 3.63) is 191 Å². The van der Waals surface area contributed by atoms with E-state index in [1.165, 1.54) is 37.1 Å². The summed E-state index contributed by atoms with van der Waals surface area (Å²) in [5.41, 5.74) is 11.1. The maximum absolute atomic E-state index is 9.83. The average molecular weight is 887 g/mol. The summed E-state index contributed by atoms with van der Waals surface area (Å²) in [5.74, 6) is 2.25. The van der Waals surface area contributed by atoms with Gasteiger partial charge in [-0.15, -0.1) is 0 Å². The number of aliphatic hydroxyl groups is 2. The maximum Gasteiger partial charge on any atom is 0.119 e. The SMILES string of the molecule is CN1C[C@@H]1CCCOc1ccc(/C(=C(/CCCO)c2ccccc2)c2ccc(O)cc2)cc1.CN1C[C@H]1CCCOc1ccc(/C(=C(/CCCO)c2ccccc2)c2ccc(O)cc2)cc1. The normalized spacial score (nSPS) is 18.0. The van der Waals surface area contributed by atoms with Crippen LogP contribution in [0.5, 0.6) is 23.0 Å². The summed E-state index contributed by atoms with van der Waals surface area (Å²) in [6.07, 6.45) is 7.38. The number of rotatable bonds is 22. The monoisotopic (exact) mass is 886 g/mol. The Morgan fingerprint density at radius 1 is 0.439 bits per heavy atom. The number of nitrogens with zero attached hydrogens (tertiary/aromatic N) is 2. The molecule has 66 heavy (non-hydrogen) atoms. The highest BCUT2D eigenvalue weighted by Crippen LogP contribution is 2.38. The molecule has 0 saturated carbocycles. The van der Waals surface area contributed by atoms with Crippen LogP contribution < -0.4 is 9.47 Å². The van der Waals surface area contributed by atoms with E-state index in [-0.39, 0.29) is 24.7 Å². The summed E-state index contributed by atoms with van der Waals surface area (Å²) in [5, 5.41) is 38.7. The molecule has 6 aromatic rings. The van der Waals surface area contributed by atoms with Gasteiger partial charge in [-0.3, -0.25) is 0 Å². The van der Waals surface area contributed by atoms with Gasteiger partial charge in [-0.05, 0) is 170 Å². The van der Waals surface area contributed by atoms with Crippen molar-refractivity contribution in [2.24, 2.45) is 0 Å². The molecule has 2 unspecified atom stereocenters. The van der Waals surface area contributed by atoms with Gasteiger partial charge in [0, 0.05) is 38.4 Å². The van der Waals surface area contributed by atoms with Crippen molar-refractivity contribution in [1.82, 2.24) is 9.80 Å². The van der Waals surface area contributed by atoms with E-state index in [9.17, 15) is 20.4 Å². The Hall–Kier alpha value is -6.16. The number of phenolic OH excluding ortho intramolecular Hbond substituents is 2. The van der Waals surface area contributed by atoms with Crippen LogP contribution in [0.3, 0.4) is 0 Å². The second-order valence-corrected chi connectivity index (χ2v) is 17.4. The van der Waals surface area contributed by atoms with Crippen molar-refractivity contribution in [2.75, 3.05) is 53.6 Å². The Bertz CT molecular complexity index is 2260. The van der Waals surface area contributed by atoms with Crippen molar-refractivity contribution in [3.8, 4) is 23.0 Å². The Labute approximate surface area is 391 Å². The molecule has 0 radical (unpaired) electrons. The summed E-state index contributed by atoms with van der Waals surface area (Å²) in [7, 11) is 4.32. The largest absolute Gasteiger partial charge is 0.508 e. The number of ether oxygens (including phenoxy) is 2. The van der Waals surface area contributed by atoms with Crippen LogP contribution in [-0.4, -0.2) is 95.9 Å². The minimum Gasteiger partial charge on any atom is -0.508 e. The highest BCUT2D eigenvalue weighted by Gasteiger charge is 2.29. The third kappa shape index (κ3) is 13.9. The predicted molar refractivity (Wildman–Crippen MR) is 269 cm³/mol. The molecular formula is C58H66N2O6. The third-order valence-electron chi connectivity index (χ3n) is 12.5. The smallest absolute Gasteiger partial charge is 0.119 e. The van der Waals surface area contributed by atoms with Crippen LogP contribution in [0.25, 0.3) is 22.3 Å². The summed E-state index contributed by atoms with van der Waals surface area (Å²) < 4.78 is 12.0. The fraction of sp³-hybridized carbons (Fsp3) is 0.310. The van der Waals surface area contributed by atoms with E-state index in [0.717, 1.165) is 107 Å². The van der Waals surface area contributed by atoms with Gasteiger partial charge in [-0.25, -0.2) is 0 Å². The fourth-order valence-electron chi connectivity index (χ4n) is 8.55. The lowest BCUT2D eigenvalue weighted by Gasteiger charge is -2.18. The first-order valence-corrected chi connectivity index (χ1v) is 23.6. The molecule has 4 N–H and O–H groups in total. The first-order chi connectivity index (χ1) is 32.3. The van der Waals surface area contributed by atoms with Crippen LogP contribution in [0.15, 0.2) is 158 Å². The Morgan fingerprint density at radius 3 is 1.06 bits per heavy atom. The number of hydrogen-bond donors (Lipinski definition) is 4. The van der Waals surface area contributed by atoms with Gasteiger partial charge in [-0.1, -0.05) is 109 Å². The van der Waals surface area contributed by atoms with Gasteiger partial charge in [0.15, 0.2) is 0 Å². The van der Waals surface area contributed by atoms with E-state index in [1.807, 2.05) is 84.9 Å². The molecule has 0 aliphatic carbocycles. The average Bonchev–Trinajstić information content (AvgIpc) is 4.27. The van der Waals surface area contributed by atoms with Crippen LogP contribution in [0.1, 0.15) is 84.7 Å². The quantitative estimate of drug-likeness (QED) is 0.0304. The van der Waals surface area contributed by atoms with Crippen LogP contribution in [-0.2, 0) is 0 Å².